The second-order valence-electron chi connectivity index (χ2n) is 6.75. The summed E-state index contributed by atoms with van der Waals surface area (Å²) in [6.07, 6.45) is 6.52. The lowest BCUT2D eigenvalue weighted by molar-refractivity contribution is 0.0840. The molecule has 0 radical (unpaired) electrons. The fourth-order valence-electron chi connectivity index (χ4n) is 3.36. The van der Waals surface area contributed by atoms with E-state index >= 15 is 0 Å². The van der Waals surface area contributed by atoms with E-state index in [4.69, 9.17) is 0 Å². The standard InChI is InChI=1S/C17H31N3S/c1-5-18-15(12-16-19-14(2)13-21-16)17(3,4)20-10-8-6-7-9-11-20/h13,15,18H,5-12H2,1-4H3. The Morgan fingerprint density at radius 3 is 2.48 bits per heavy atom. The molecule has 1 aromatic rings. The molecule has 21 heavy (non-hydrogen) atoms. The number of nitrogens with zero attached hydrogens (tertiary/aromatic N) is 2. The van der Waals surface area contributed by atoms with Gasteiger partial charge in [-0.15, -0.1) is 11.3 Å². The Kier molecular flexibility index (Phi) is 6.20. The van der Waals surface area contributed by atoms with E-state index in [2.05, 4.69) is 48.3 Å². The lowest BCUT2D eigenvalue weighted by atomic mass is 9.89. The summed E-state index contributed by atoms with van der Waals surface area (Å²) >= 11 is 1.80. The van der Waals surface area contributed by atoms with Crippen molar-refractivity contribution in [1.82, 2.24) is 15.2 Å². The van der Waals surface area contributed by atoms with Crippen LogP contribution in [-0.4, -0.2) is 41.1 Å². The van der Waals surface area contributed by atoms with Gasteiger partial charge in [-0.3, -0.25) is 4.90 Å². The van der Waals surface area contributed by atoms with E-state index in [1.807, 2.05) is 0 Å². The van der Waals surface area contributed by atoms with Crippen LogP contribution in [0.5, 0.6) is 0 Å². The molecule has 2 rings (SSSR count). The highest BCUT2D eigenvalue weighted by Crippen LogP contribution is 2.26. The molecule has 4 heteroatoms. The van der Waals surface area contributed by atoms with E-state index in [0.29, 0.717) is 6.04 Å². The predicted octanol–water partition coefficient (Wildman–Crippen LogP) is 3.63. The maximum Gasteiger partial charge on any atom is 0.0944 e. The first kappa shape index (κ1) is 16.9. The first-order valence-corrected chi connectivity index (χ1v) is 9.31. The normalized spacial score (nSPS) is 19.4. The Bertz CT molecular complexity index is 419. The molecule has 0 aliphatic carbocycles. The van der Waals surface area contributed by atoms with Gasteiger partial charge >= 0.3 is 0 Å². The highest BCUT2D eigenvalue weighted by molar-refractivity contribution is 7.09. The zero-order valence-corrected chi connectivity index (χ0v) is 14.9. The first-order valence-electron chi connectivity index (χ1n) is 8.43. The smallest absolute Gasteiger partial charge is 0.0944 e. The van der Waals surface area contributed by atoms with Crippen LogP contribution in [-0.2, 0) is 6.42 Å². The monoisotopic (exact) mass is 309 g/mol. The number of likely N-dealkylation sites (N-methyl/N-ethyl adjacent to an activating group) is 1. The molecule has 1 saturated heterocycles. The van der Waals surface area contributed by atoms with Gasteiger partial charge in [0.15, 0.2) is 0 Å². The quantitative estimate of drug-likeness (QED) is 0.870. The Hall–Kier alpha value is -0.450. The topological polar surface area (TPSA) is 28.2 Å². The molecule has 0 bridgehead atoms. The second-order valence-corrected chi connectivity index (χ2v) is 7.69. The molecule has 0 spiro atoms. The molecule has 120 valence electrons. The molecule has 1 aliphatic rings. The minimum absolute atomic E-state index is 0.180. The summed E-state index contributed by atoms with van der Waals surface area (Å²) in [6.45, 7) is 12.6. The molecular weight excluding hydrogens is 278 g/mol. The molecule has 0 aromatic carbocycles. The van der Waals surface area contributed by atoms with Crippen LogP contribution in [0.3, 0.4) is 0 Å². The molecule has 1 fully saturated rings. The number of likely N-dealkylation sites (tertiary alicyclic amines) is 1. The van der Waals surface area contributed by atoms with Crippen LogP contribution in [0.1, 0.15) is 57.2 Å². The van der Waals surface area contributed by atoms with Crippen LogP contribution < -0.4 is 5.32 Å². The van der Waals surface area contributed by atoms with Gasteiger partial charge in [0.1, 0.15) is 0 Å². The third-order valence-corrected chi connectivity index (χ3v) is 5.76. The Morgan fingerprint density at radius 1 is 1.29 bits per heavy atom. The Balaban J connectivity index is 2.10. The van der Waals surface area contributed by atoms with Gasteiger partial charge in [-0.05, 0) is 53.2 Å². The van der Waals surface area contributed by atoms with Gasteiger partial charge in [-0.2, -0.15) is 0 Å². The van der Waals surface area contributed by atoms with Gasteiger partial charge in [0.25, 0.3) is 0 Å². The maximum absolute atomic E-state index is 4.67. The van der Waals surface area contributed by atoms with E-state index in [0.717, 1.165) is 18.7 Å². The van der Waals surface area contributed by atoms with Crippen LogP contribution in [0.25, 0.3) is 0 Å². The number of aryl methyl sites for hydroxylation is 1. The first-order chi connectivity index (χ1) is 10.0. The summed E-state index contributed by atoms with van der Waals surface area (Å²) in [5.74, 6) is 0. The summed E-state index contributed by atoms with van der Waals surface area (Å²) in [5.41, 5.74) is 1.33. The third-order valence-electron chi connectivity index (χ3n) is 4.77. The van der Waals surface area contributed by atoms with Crippen molar-refractivity contribution in [3.8, 4) is 0 Å². The van der Waals surface area contributed by atoms with Crippen molar-refractivity contribution >= 4 is 11.3 Å². The largest absolute Gasteiger partial charge is 0.312 e. The summed E-state index contributed by atoms with van der Waals surface area (Å²) in [4.78, 5) is 7.37. The van der Waals surface area contributed by atoms with Gasteiger partial charge in [0.2, 0.25) is 0 Å². The van der Waals surface area contributed by atoms with Crippen molar-refractivity contribution < 1.29 is 0 Å². The van der Waals surface area contributed by atoms with Crippen molar-refractivity contribution in [1.29, 1.82) is 0 Å². The highest BCUT2D eigenvalue weighted by atomic mass is 32.1. The lowest BCUT2D eigenvalue weighted by Crippen LogP contribution is -2.58. The number of hydrogen-bond acceptors (Lipinski definition) is 4. The van der Waals surface area contributed by atoms with Gasteiger partial charge in [0, 0.05) is 29.1 Å². The van der Waals surface area contributed by atoms with E-state index in [9.17, 15) is 0 Å². The summed E-state index contributed by atoms with van der Waals surface area (Å²) in [5, 5.41) is 7.15. The number of rotatable bonds is 6. The molecular formula is C17H31N3S. The Labute approximate surface area is 134 Å². The average Bonchev–Trinajstić information content (AvgIpc) is 2.68. The molecule has 1 N–H and O–H groups in total. The molecule has 0 amide bonds. The summed E-state index contributed by atoms with van der Waals surface area (Å²) in [6, 6.07) is 0.464. The van der Waals surface area contributed by atoms with Crippen LogP contribution >= 0.6 is 11.3 Å². The molecule has 2 heterocycles. The maximum atomic E-state index is 4.67. The molecule has 1 unspecified atom stereocenters. The summed E-state index contributed by atoms with van der Waals surface area (Å²) in [7, 11) is 0. The fraction of sp³-hybridized carbons (Fsp3) is 0.824. The van der Waals surface area contributed by atoms with E-state index in [-0.39, 0.29) is 5.54 Å². The minimum atomic E-state index is 0.180. The van der Waals surface area contributed by atoms with Gasteiger partial charge in [-0.1, -0.05) is 19.8 Å². The number of hydrogen-bond donors (Lipinski definition) is 1. The van der Waals surface area contributed by atoms with Crippen LogP contribution in [0.2, 0.25) is 0 Å². The summed E-state index contributed by atoms with van der Waals surface area (Å²) < 4.78 is 0. The van der Waals surface area contributed by atoms with Gasteiger partial charge in [-0.25, -0.2) is 4.98 Å². The number of thiazole rings is 1. The zero-order chi connectivity index (χ0) is 15.3. The fourth-order valence-corrected chi connectivity index (χ4v) is 4.18. The molecule has 3 nitrogen and oxygen atoms in total. The van der Waals surface area contributed by atoms with Crippen molar-refractivity contribution in [2.45, 2.75) is 71.4 Å². The van der Waals surface area contributed by atoms with Crippen LogP contribution in [0, 0.1) is 6.92 Å². The highest BCUT2D eigenvalue weighted by Gasteiger charge is 2.35. The predicted molar refractivity (Wildman–Crippen MR) is 92.1 cm³/mol. The Morgan fingerprint density at radius 2 is 1.95 bits per heavy atom. The SMILES string of the molecule is CCNC(Cc1nc(C)cs1)C(C)(C)N1CCCCCC1. The minimum Gasteiger partial charge on any atom is -0.312 e. The third kappa shape index (κ3) is 4.51. The number of nitrogens with one attached hydrogen (secondary N) is 1. The van der Waals surface area contributed by atoms with Gasteiger partial charge < -0.3 is 5.32 Å². The van der Waals surface area contributed by atoms with Crippen molar-refractivity contribution in [3.05, 3.63) is 16.1 Å². The van der Waals surface area contributed by atoms with Crippen LogP contribution in [0.15, 0.2) is 5.38 Å². The zero-order valence-electron chi connectivity index (χ0n) is 14.1. The molecule has 1 atom stereocenters. The second kappa shape index (κ2) is 7.70. The molecule has 0 saturated carbocycles. The van der Waals surface area contributed by atoms with E-state index in [1.54, 1.807) is 11.3 Å². The average molecular weight is 310 g/mol. The van der Waals surface area contributed by atoms with E-state index in [1.165, 1.54) is 43.8 Å². The van der Waals surface area contributed by atoms with Crippen molar-refractivity contribution in [2.24, 2.45) is 0 Å². The molecule has 1 aliphatic heterocycles. The van der Waals surface area contributed by atoms with Crippen molar-refractivity contribution in [2.75, 3.05) is 19.6 Å². The lowest BCUT2D eigenvalue weighted by Gasteiger charge is -2.44. The van der Waals surface area contributed by atoms with Gasteiger partial charge in [0.05, 0.1) is 5.01 Å². The number of aromatic nitrogens is 1. The van der Waals surface area contributed by atoms with Crippen molar-refractivity contribution in [3.63, 3.8) is 0 Å². The molecule has 1 aromatic heterocycles. The van der Waals surface area contributed by atoms with E-state index < -0.39 is 0 Å². The van der Waals surface area contributed by atoms with Crippen LogP contribution in [0.4, 0.5) is 0 Å².